The molecule has 1 aromatic rings. The number of guanidine groups is 1. The molecule has 0 amide bonds. The van der Waals surface area contributed by atoms with Crippen LogP contribution in [0.2, 0.25) is 0 Å². The van der Waals surface area contributed by atoms with Crippen molar-refractivity contribution in [2.24, 2.45) is 4.99 Å². The van der Waals surface area contributed by atoms with Gasteiger partial charge in [-0.1, -0.05) is 12.1 Å². The van der Waals surface area contributed by atoms with Crippen molar-refractivity contribution in [1.29, 1.82) is 0 Å². The molecule has 0 heterocycles. The zero-order chi connectivity index (χ0) is 17.5. The maximum atomic E-state index is 5.35. The van der Waals surface area contributed by atoms with Gasteiger partial charge in [0.15, 0.2) is 5.96 Å². The van der Waals surface area contributed by atoms with Gasteiger partial charge in [-0.25, -0.2) is 4.99 Å². The molecule has 0 aliphatic heterocycles. The zero-order valence-corrected chi connectivity index (χ0v) is 15.1. The highest BCUT2D eigenvalue weighted by Gasteiger charge is 1.99. The number of nitrogens with zero attached hydrogens (tertiary/aromatic N) is 1. The van der Waals surface area contributed by atoms with Crippen molar-refractivity contribution in [2.75, 3.05) is 47.1 Å². The van der Waals surface area contributed by atoms with E-state index in [0.717, 1.165) is 63.0 Å². The Morgan fingerprint density at radius 1 is 1.00 bits per heavy atom. The molecule has 0 saturated heterocycles. The molecule has 0 aromatic heterocycles. The van der Waals surface area contributed by atoms with E-state index in [9.17, 15) is 0 Å². The average molecular weight is 337 g/mol. The summed E-state index contributed by atoms with van der Waals surface area (Å²) in [6, 6.07) is 7.96. The first-order valence-corrected chi connectivity index (χ1v) is 8.52. The van der Waals surface area contributed by atoms with Crippen LogP contribution >= 0.6 is 0 Å². The van der Waals surface area contributed by atoms with E-state index in [0.29, 0.717) is 6.54 Å². The van der Waals surface area contributed by atoms with Gasteiger partial charge in [-0.05, 0) is 37.5 Å². The van der Waals surface area contributed by atoms with E-state index in [1.807, 2.05) is 31.2 Å². The Morgan fingerprint density at radius 2 is 1.67 bits per heavy atom. The lowest BCUT2D eigenvalue weighted by molar-refractivity contribution is 0.145. The quantitative estimate of drug-likeness (QED) is 0.348. The molecule has 0 unspecified atom stereocenters. The highest BCUT2D eigenvalue weighted by molar-refractivity contribution is 5.79. The van der Waals surface area contributed by atoms with Crippen molar-refractivity contribution in [1.82, 2.24) is 10.6 Å². The fraction of sp³-hybridized carbons (Fsp3) is 0.611. The molecule has 0 radical (unpaired) electrons. The minimum Gasteiger partial charge on any atom is -0.497 e. The summed E-state index contributed by atoms with van der Waals surface area (Å²) in [7, 11) is 3.38. The van der Waals surface area contributed by atoms with Crippen molar-refractivity contribution in [3.63, 3.8) is 0 Å². The van der Waals surface area contributed by atoms with Crippen molar-refractivity contribution in [2.45, 2.75) is 26.3 Å². The fourth-order valence-electron chi connectivity index (χ4n) is 2.02. The van der Waals surface area contributed by atoms with Gasteiger partial charge in [0.1, 0.15) is 5.75 Å². The van der Waals surface area contributed by atoms with Crippen LogP contribution in [0.4, 0.5) is 0 Å². The van der Waals surface area contributed by atoms with Gasteiger partial charge < -0.3 is 24.8 Å². The van der Waals surface area contributed by atoms with Crippen molar-refractivity contribution in [3.8, 4) is 5.75 Å². The second-order valence-electron chi connectivity index (χ2n) is 5.26. The van der Waals surface area contributed by atoms with Gasteiger partial charge >= 0.3 is 0 Å². The van der Waals surface area contributed by atoms with E-state index in [-0.39, 0.29) is 0 Å². The van der Waals surface area contributed by atoms with Gasteiger partial charge in [0.2, 0.25) is 0 Å². The number of aliphatic imine (C=N–C) groups is 1. The Labute approximate surface area is 145 Å². The average Bonchev–Trinajstić information content (AvgIpc) is 2.62. The van der Waals surface area contributed by atoms with Crippen LogP contribution in [0.1, 0.15) is 25.3 Å². The smallest absolute Gasteiger partial charge is 0.191 e. The van der Waals surface area contributed by atoms with Gasteiger partial charge in [0.25, 0.3) is 0 Å². The maximum Gasteiger partial charge on any atom is 0.191 e. The molecule has 0 spiro atoms. The zero-order valence-electron chi connectivity index (χ0n) is 15.1. The lowest BCUT2D eigenvalue weighted by Gasteiger charge is -2.12. The third kappa shape index (κ3) is 9.37. The van der Waals surface area contributed by atoms with E-state index >= 15 is 0 Å². The summed E-state index contributed by atoms with van der Waals surface area (Å²) >= 11 is 0. The molecule has 1 rings (SSSR count). The Balaban J connectivity index is 2.46. The van der Waals surface area contributed by atoms with E-state index in [1.54, 1.807) is 14.2 Å². The van der Waals surface area contributed by atoms with Crippen LogP contribution in [-0.2, 0) is 16.0 Å². The van der Waals surface area contributed by atoms with Crippen molar-refractivity contribution < 1.29 is 14.2 Å². The summed E-state index contributed by atoms with van der Waals surface area (Å²) < 4.78 is 15.6. The SMILES string of the molecule is CCOCCCNC(=NCc1ccc(OC)cc1)NCCCOC. The Kier molecular flexibility index (Phi) is 11.5. The highest BCUT2D eigenvalue weighted by atomic mass is 16.5. The number of benzene rings is 1. The predicted molar refractivity (Wildman–Crippen MR) is 97.7 cm³/mol. The van der Waals surface area contributed by atoms with Crippen molar-refractivity contribution >= 4 is 5.96 Å². The lowest BCUT2D eigenvalue weighted by Crippen LogP contribution is -2.39. The summed E-state index contributed by atoms with van der Waals surface area (Å²) in [5.41, 5.74) is 1.14. The number of hydrogen-bond donors (Lipinski definition) is 2. The topological polar surface area (TPSA) is 64.1 Å². The molecular formula is C18H31N3O3. The predicted octanol–water partition coefficient (Wildman–Crippen LogP) is 2.19. The minimum atomic E-state index is 0.620. The molecule has 2 N–H and O–H groups in total. The van der Waals surface area contributed by atoms with Crippen LogP contribution in [-0.4, -0.2) is 53.1 Å². The van der Waals surface area contributed by atoms with Gasteiger partial charge in [0, 0.05) is 40.0 Å². The van der Waals surface area contributed by atoms with E-state index in [2.05, 4.69) is 15.6 Å². The first-order valence-electron chi connectivity index (χ1n) is 8.52. The normalized spacial score (nSPS) is 11.4. The summed E-state index contributed by atoms with van der Waals surface area (Å²) in [5, 5.41) is 6.67. The van der Waals surface area contributed by atoms with Crippen LogP contribution in [0.3, 0.4) is 0 Å². The number of hydrogen-bond acceptors (Lipinski definition) is 4. The van der Waals surface area contributed by atoms with Crippen LogP contribution in [0.5, 0.6) is 5.75 Å². The lowest BCUT2D eigenvalue weighted by atomic mass is 10.2. The highest BCUT2D eigenvalue weighted by Crippen LogP contribution is 2.11. The minimum absolute atomic E-state index is 0.620. The van der Waals surface area contributed by atoms with Crippen LogP contribution in [0.25, 0.3) is 0 Å². The third-order valence-corrected chi connectivity index (χ3v) is 3.36. The largest absolute Gasteiger partial charge is 0.497 e. The molecule has 24 heavy (non-hydrogen) atoms. The monoisotopic (exact) mass is 337 g/mol. The molecule has 6 nitrogen and oxygen atoms in total. The molecule has 0 fully saturated rings. The first-order chi connectivity index (χ1) is 11.8. The standard InChI is InChI=1S/C18H31N3O3/c1-4-24-14-6-12-20-18(19-11-5-13-22-2)21-15-16-7-9-17(23-3)10-8-16/h7-10H,4-6,11-15H2,1-3H3,(H2,19,20,21). The number of methoxy groups -OCH3 is 2. The number of rotatable bonds is 12. The second-order valence-corrected chi connectivity index (χ2v) is 5.26. The molecule has 0 aliphatic carbocycles. The Hall–Kier alpha value is -1.79. The molecule has 0 bridgehead atoms. The second kappa shape index (κ2) is 13.6. The summed E-state index contributed by atoms with van der Waals surface area (Å²) in [5.74, 6) is 1.67. The first kappa shape index (κ1) is 20.3. The van der Waals surface area contributed by atoms with Crippen LogP contribution < -0.4 is 15.4 Å². The van der Waals surface area contributed by atoms with E-state index < -0.39 is 0 Å². The number of nitrogens with one attached hydrogen (secondary N) is 2. The molecule has 136 valence electrons. The van der Waals surface area contributed by atoms with E-state index in [1.165, 1.54) is 0 Å². The third-order valence-electron chi connectivity index (χ3n) is 3.36. The molecule has 1 aromatic carbocycles. The summed E-state index contributed by atoms with van der Waals surface area (Å²) in [6.07, 6.45) is 1.90. The molecule has 0 aliphatic rings. The summed E-state index contributed by atoms with van der Waals surface area (Å²) in [4.78, 5) is 4.64. The Morgan fingerprint density at radius 3 is 2.25 bits per heavy atom. The van der Waals surface area contributed by atoms with E-state index in [4.69, 9.17) is 14.2 Å². The molecule has 0 atom stereocenters. The number of ether oxygens (including phenoxy) is 3. The van der Waals surface area contributed by atoms with Gasteiger partial charge in [-0.15, -0.1) is 0 Å². The van der Waals surface area contributed by atoms with Gasteiger partial charge in [-0.3, -0.25) is 0 Å². The Bertz CT molecular complexity index is 449. The maximum absolute atomic E-state index is 5.35. The molecule has 6 heteroatoms. The van der Waals surface area contributed by atoms with Crippen LogP contribution in [0.15, 0.2) is 29.3 Å². The van der Waals surface area contributed by atoms with Crippen LogP contribution in [0, 0.1) is 0 Å². The van der Waals surface area contributed by atoms with Crippen molar-refractivity contribution in [3.05, 3.63) is 29.8 Å². The molecular weight excluding hydrogens is 306 g/mol. The van der Waals surface area contributed by atoms with Gasteiger partial charge in [0.05, 0.1) is 13.7 Å². The van der Waals surface area contributed by atoms with Gasteiger partial charge in [-0.2, -0.15) is 0 Å². The summed E-state index contributed by atoms with van der Waals surface area (Å²) in [6.45, 7) is 6.55. The molecule has 0 saturated carbocycles. The fourth-order valence-corrected chi connectivity index (χ4v) is 2.02.